The van der Waals surface area contributed by atoms with Gasteiger partial charge in [0.15, 0.2) is 0 Å². The molecular weight excluding hydrogens is 320 g/mol. The number of primary amides is 1. The normalized spacial score (nSPS) is 18.5. The Morgan fingerprint density at radius 1 is 1.45 bits per heavy atom. The molecule has 1 fully saturated rings. The largest absolute Gasteiger partial charge is 0.369 e. The Hall–Kier alpha value is -1.67. The van der Waals surface area contributed by atoms with Crippen molar-refractivity contribution in [1.29, 1.82) is 0 Å². The van der Waals surface area contributed by atoms with E-state index in [1.165, 1.54) is 18.1 Å². The molecule has 2 N–H and O–H groups in total. The topological polar surface area (TPSA) is 89.2 Å². The zero-order valence-corrected chi connectivity index (χ0v) is 13.5. The number of likely N-dealkylation sites (tertiary alicyclic amines) is 1. The van der Waals surface area contributed by atoms with Gasteiger partial charge in [0, 0.05) is 13.1 Å². The van der Waals surface area contributed by atoms with E-state index in [1.807, 2.05) is 11.4 Å². The van der Waals surface area contributed by atoms with Crippen molar-refractivity contribution in [2.24, 2.45) is 11.7 Å². The van der Waals surface area contributed by atoms with Crippen LogP contribution in [0.15, 0.2) is 22.8 Å². The Kier molecular flexibility index (Phi) is 4.58. The fraction of sp³-hybridized carbons (Fsp3) is 0.429. The fourth-order valence-corrected chi connectivity index (χ4v) is 4.38. The summed E-state index contributed by atoms with van der Waals surface area (Å²) < 4.78 is 1.01. The summed E-state index contributed by atoms with van der Waals surface area (Å²) in [6.07, 6.45) is 3.12. The van der Waals surface area contributed by atoms with Gasteiger partial charge in [-0.2, -0.15) is 0 Å². The first-order chi connectivity index (χ1) is 10.6. The number of rotatable bonds is 4. The highest BCUT2D eigenvalue weighted by Gasteiger charge is 2.26. The van der Waals surface area contributed by atoms with Gasteiger partial charge in [-0.25, -0.2) is 9.97 Å². The maximum Gasteiger partial charge on any atom is 0.233 e. The minimum Gasteiger partial charge on any atom is -0.369 e. The lowest BCUT2D eigenvalue weighted by Gasteiger charge is -2.31. The molecule has 3 rings (SSSR count). The summed E-state index contributed by atoms with van der Waals surface area (Å²) in [6.45, 7) is 1.13. The molecule has 1 aliphatic rings. The monoisotopic (exact) mass is 336 g/mol. The minimum absolute atomic E-state index is 0.0271. The van der Waals surface area contributed by atoms with Crippen LogP contribution < -0.4 is 5.73 Å². The maximum atomic E-state index is 12.3. The average molecular weight is 336 g/mol. The molecule has 116 valence electrons. The highest BCUT2D eigenvalue weighted by Crippen LogP contribution is 2.29. The van der Waals surface area contributed by atoms with Crippen molar-refractivity contribution >= 4 is 45.1 Å². The Bertz CT molecular complexity index is 703. The molecule has 2 aromatic heterocycles. The second-order valence-corrected chi connectivity index (χ2v) is 7.06. The first-order valence-corrected chi connectivity index (χ1v) is 8.90. The number of aromatic nitrogens is 2. The van der Waals surface area contributed by atoms with Gasteiger partial charge in [0.1, 0.15) is 11.4 Å². The van der Waals surface area contributed by atoms with Crippen LogP contribution in [0.1, 0.15) is 12.8 Å². The Labute approximate surface area is 136 Å². The van der Waals surface area contributed by atoms with Gasteiger partial charge >= 0.3 is 0 Å². The third-order valence-corrected chi connectivity index (χ3v) is 5.73. The molecule has 0 bridgehead atoms. The van der Waals surface area contributed by atoms with Gasteiger partial charge in [-0.05, 0) is 24.3 Å². The van der Waals surface area contributed by atoms with Crippen LogP contribution in [0.3, 0.4) is 0 Å². The van der Waals surface area contributed by atoms with E-state index in [-0.39, 0.29) is 17.7 Å². The molecule has 8 heteroatoms. The van der Waals surface area contributed by atoms with E-state index in [4.69, 9.17) is 5.73 Å². The van der Waals surface area contributed by atoms with E-state index < -0.39 is 0 Å². The molecule has 1 saturated heterocycles. The summed E-state index contributed by atoms with van der Waals surface area (Å²) in [6, 6.07) is 1.94. The SMILES string of the molecule is NC(=O)C1CCCN(C(=O)CSc2ncnc3ccsc23)C1. The van der Waals surface area contributed by atoms with Crippen molar-refractivity contribution in [3.8, 4) is 0 Å². The van der Waals surface area contributed by atoms with Crippen molar-refractivity contribution in [2.75, 3.05) is 18.8 Å². The molecule has 2 aromatic rings. The van der Waals surface area contributed by atoms with Crippen LogP contribution in [0, 0.1) is 5.92 Å². The van der Waals surface area contributed by atoms with Crippen molar-refractivity contribution in [3.05, 3.63) is 17.8 Å². The van der Waals surface area contributed by atoms with Crippen molar-refractivity contribution in [1.82, 2.24) is 14.9 Å². The highest BCUT2D eigenvalue weighted by molar-refractivity contribution is 8.00. The molecule has 0 radical (unpaired) electrons. The quantitative estimate of drug-likeness (QED) is 0.675. The number of nitrogens with two attached hydrogens (primary N) is 1. The molecule has 6 nitrogen and oxygen atoms in total. The molecular formula is C14H16N4O2S2. The van der Waals surface area contributed by atoms with Crippen LogP contribution in [0.25, 0.3) is 10.2 Å². The summed E-state index contributed by atoms with van der Waals surface area (Å²) in [5.74, 6) is -0.193. The van der Waals surface area contributed by atoms with Gasteiger partial charge in [0.25, 0.3) is 0 Å². The van der Waals surface area contributed by atoms with Crippen LogP contribution in [-0.4, -0.2) is 45.5 Å². The van der Waals surface area contributed by atoms with E-state index in [0.717, 1.165) is 28.1 Å². The number of hydrogen-bond acceptors (Lipinski definition) is 6. The number of carbonyl (C=O) groups is 2. The summed E-state index contributed by atoms with van der Waals surface area (Å²) in [4.78, 5) is 33.8. The fourth-order valence-electron chi connectivity index (χ4n) is 2.53. The minimum atomic E-state index is -0.318. The summed E-state index contributed by atoms with van der Waals surface area (Å²) in [5.41, 5.74) is 6.25. The van der Waals surface area contributed by atoms with Gasteiger partial charge in [0.2, 0.25) is 11.8 Å². The molecule has 1 unspecified atom stereocenters. The molecule has 2 amide bonds. The number of fused-ring (bicyclic) bond motifs is 1. The van der Waals surface area contributed by atoms with E-state index in [9.17, 15) is 9.59 Å². The van der Waals surface area contributed by atoms with Crippen LogP contribution in [0.5, 0.6) is 0 Å². The number of nitrogens with zero attached hydrogens (tertiary/aromatic N) is 3. The van der Waals surface area contributed by atoms with Crippen molar-refractivity contribution in [3.63, 3.8) is 0 Å². The van der Waals surface area contributed by atoms with Crippen LogP contribution >= 0.6 is 23.1 Å². The molecule has 3 heterocycles. The second kappa shape index (κ2) is 6.62. The third kappa shape index (κ3) is 3.22. The molecule has 0 spiro atoms. The van der Waals surface area contributed by atoms with E-state index in [0.29, 0.717) is 18.8 Å². The van der Waals surface area contributed by atoms with E-state index >= 15 is 0 Å². The standard InChI is InChI=1S/C14H16N4O2S2/c15-13(20)9-2-1-4-18(6-9)11(19)7-22-14-12-10(3-5-21-12)16-8-17-14/h3,5,8-9H,1-2,4,6-7H2,(H2,15,20). The molecule has 0 aliphatic carbocycles. The molecule has 0 aromatic carbocycles. The number of thioether (sulfide) groups is 1. The maximum absolute atomic E-state index is 12.3. The van der Waals surface area contributed by atoms with Gasteiger partial charge in [-0.15, -0.1) is 11.3 Å². The Morgan fingerprint density at radius 3 is 3.14 bits per heavy atom. The van der Waals surface area contributed by atoms with Crippen LogP contribution in [0.2, 0.25) is 0 Å². The molecule has 22 heavy (non-hydrogen) atoms. The third-order valence-electron chi connectivity index (χ3n) is 3.72. The number of hydrogen-bond donors (Lipinski definition) is 1. The number of thiophene rings is 1. The Balaban J connectivity index is 1.62. The molecule has 1 aliphatic heterocycles. The Morgan fingerprint density at radius 2 is 2.32 bits per heavy atom. The number of amides is 2. The number of piperidine rings is 1. The first kappa shape index (κ1) is 15.2. The van der Waals surface area contributed by atoms with Crippen molar-refractivity contribution in [2.45, 2.75) is 17.9 Å². The van der Waals surface area contributed by atoms with Crippen LogP contribution in [-0.2, 0) is 9.59 Å². The first-order valence-electron chi connectivity index (χ1n) is 7.03. The highest BCUT2D eigenvalue weighted by atomic mass is 32.2. The number of carbonyl (C=O) groups excluding carboxylic acids is 2. The lowest BCUT2D eigenvalue weighted by Crippen LogP contribution is -2.44. The summed E-state index contributed by atoms with van der Waals surface area (Å²) in [5, 5.41) is 2.80. The summed E-state index contributed by atoms with van der Waals surface area (Å²) >= 11 is 2.99. The van der Waals surface area contributed by atoms with Crippen molar-refractivity contribution < 1.29 is 9.59 Å². The van der Waals surface area contributed by atoms with Gasteiger partial charge in [-0.3, -0.25) is 9.59 Å². The molecule has 0 saturated carbocycles. The zero-order valence-electron chi connectivity index (χ0n) is 11.9. The predicted molar refractivity (Wildman–Crippen MR) is 86.6 cm³/mol. The van der Waals surface area contributed by atoms with Crippen LogP contribution in [0.4, 0.5) is 0 Å². The lowest BCUT2D eigenvalue weighted by atomic mass is 9.97. The predicted octanol–water partition coefficient (Wildman–Crippen LogP) is 1.51. The van der Waals surface area contributed by atoms with E-state index in [2.05, 4.69) is 9.97 Å². The summed E-state index contributed by atoms with van der Waals surface area (Å²) in [7, 11) is 0. The van der Waals surface area contributed by atoms with E-state index in [1.54, 1.807) is 16.2 Å². The van der Waals surface area contributed by atoms with Gasteiger partial charge < -0.3 is 10.6 Å². The van der Waals surface area contributed by atoms with Gasteiger partial charge in [0.05, 0.1) is 21.9 Å². The van der Waals surface area contributed by atoms with Gasteiger partial charge in [-0.1, -0.05) is 11.8 Å². The smallest absolute Gasteiger partial charge is 0.233 e. The average Bonchev–Trinajstić information content (AvgIpc) is 3.01. The lowest BCUT2D eigenvalue weighted by molar-refractivity contribution is -0.132. The zero-order chi connectivity index (χ0) is 15.5. The second-order valence-electron chi connectivity index (χ2n) is 5.18. The molecule has 1 atom stereocenters.